The molecule has 0 aliphatic carbocycles. The van der Waals surface area contributed by atoms with E-state index >= 15 is 0 Å². The van der Waals surface area contributed by atoms with Gasteiger partial charge in [-0.1, -0.05) is 29.3 Å². The van der Waals surface area contributed by atoms with Crippen LogP contribution in [-0.4, -0.2) is 35.1 Å². The van der Waals surface area contributed by atoms with E-state index in [2.05, 4.69) is 15.3 Å². The predicted molar refractivity (Wildman–Crippen MR) is 95.4 cm³/mol. The molecule has 1 atom stereocenters. The number of benzene rings is 1. The minimum Gasteiger partial charge on any atom is -0.376 e. The standard InChI is InChI=1S/C17H17Cl2N3O3/c18-13-4-1-5-14(19)11(13)7-15-20-9-12(17(24)22-15)16(23)21-8-10-3-2-6-25-10/h1,4-5,9-10H,2-3,6-8H2,(H,21,23)(H,20,22,24). The van der Waals surface area contributed by atoms with Gasteiger partial charge in [0.2, 0.25) is 0 Å². The van der Waals surface area contributed by atoms with Crippen LogP contribution in [-0.2, 0) is 11.2 Å². The average Bonchev–Trinajstić information content (AvgIpc) is 3.10. The topological polar surface area (TPSA) is 84.1 Å². The van der Waals surface area contributed by atoms with E-state index in [9.17, 15) is 9.59 Å². The first-order valence-corrected chi connectivity index (χ1v) is 8.71. The Kier molecular flexibility index (Phi) is 5.73. The van der Waals surface area contributed by atoms with Gasteiger partial charge in [-0.05, 0) is 30.5 Å². The van der Waals surface area contributed by atoms with Crippen LogP contribution in [0.4, 0.5) is 0 Å². The molecule has 6 nitrogen and oxygen atoms in total. The number of aromatic nitrogens is 2. The number of rotatable bonds is 5. The normalized spacial score (nSPS) is 16.8. The van der Waals surface area contributed by atoms with Crippen LogP contribution >= 0.6 is 23.2 Å². The first-order chi connectivity index (χ1) is 12.0. The number of aromatic amines is 1. The van der Waals surface area contributed by atoms with Gasteiger partial charge in [-0.15, -0.1) is 0 Å². The SMILES string of the molecule is O=C(NCC1CCCO1)c1cnc(Cc2c(Cl)cccc2Cl)[nH]c1=O. The van der Waals surface area contributed by atoms with E-state index in [0.717, 1.165) is 12.8 Å². The van der Waals surface area contributed by atoms with Gasteiger partial charge >= 0.3 is 0 Å². The molecule has 1 fully saturated rings. The van der Waals surface area contributed by atoms with Crippen molar-refractivity contribution in [2.45, 2.75) is 25.4 Å². The quantitative estimate of drug-likeness (QED) is 0.833. The molecule has 0 bridgehead atoms. The summed E-state index contributed by atoms with van der Waals surface area (Å²) in [6.45, 7) is 1.09. The van der Waals surface area contributed by atoms with Gasteiger partial charge in [-0.25, -0.2) is 4.98 Å². The summed E-state index contributed by atoms with van der Waals surface area (Å²) in [6, 6.07) is 5.17. The maximum Gasteiger partial charge on any atom is 0.263 e. The molecule has 2 heterocycles. The first kappa shape index (κ1) is 17.9. The minimum absolute atomic E-state index is 0.0117. The summed E-state index contributed by atoms with van der Waals surface area (Å²) >= 11 is 12.2. The van der Waals surface area contributed by atoms with Crippen molar-refractivity contribution in [1.29, 1.82) is 0 Å². The molecule has 1 aromatic heterocycles. The van der Waals surface area contributed by atoms with Crippen molar-refractivity contribution >= 4 is 29.1 Å². The molecule has 1 aromatic carbocycles. The second kappa shape index (κ2) is 7.99. The fourth-order valence-corrected chi connectivity index (χ4v) is 3.19. The summed E-state index contributed by atoms with van der Waals surface area (Å²) in [6.07, 6.45) is 3.45. The monoisotopic (exact) mass is 381 g/mol. The third-order valence-electron chi connectivity index (χ3n) is 4.02. The Labute approximate surface area is 154 Å². The number of amides is 1. The summed E-state index contributed by atoms with van der Waals surface area (Å²) in [7, 11) is 0. The number of carbonyl (C=O) groups is 1. The molecule has 0 spiro atoms. The smallest absolute Gasteiger partial charge is 0.263 e. The van der Waals surface area contributed by atoms with Crippen LogP contribution in [0.1, 0.15) is 34.6 Å². The fraction of sp³-hybridized carbons (Fsp3) is 0.353. The van der Waals surface area contributed by atoms with E-state index < -0.39 is 11.5 Å². The van der Waals surface area contributed by atoms with Gasteiger partial charge in [0.1, 0.15) is 11.4 Å². The maximum atomic E-state index is 12.2. The molecule has 0 radical (unpaired) electrons. The van der Waals surface area contributed by atoms with Crippen LogP contribution in [0.15, 0.2) is 29.2 Å². The molecule has 1 aliphatic heterocycles. The summed E-state index contributed by atoms with van der Waals surface area (Å²) < 4.78 is 5.44. The Balaban J connectivity index is 1.70. The number of nitrogens with zero attached hydrogens (tertiary/aromatic N) is 1. The number of hydrogen-bond donors (Lipinski definition) is 2. The van der Waals surface area contributed by atoms with Gasteiger partial charge in [-0.3, -0.25) is 9.59 Å². The number of H-pyrrole nitrogens is 1. The highest BCUT2D eigenvalue weighted by Gasteiger charge is 2.18. The summed E-state index contributed by atoms with van der Waals surface area (Å²) in [5.41, 5.74) is 0.134. The van der Waals surface area contributed by atoms with Crippen molar-refractivity contribution in [3.8, 4) is 0 Å². The molecule has 3 rings (SSSR count). The van der Waals surface area contributed by atoms with Gasteiger partial charge in [0.15, 0.2) is 0 Å². The first-order valence-electron chi connectivity index (χ1n) is 7.95. The zero-order valence-corrected chi connectivity index (χ0v) is 14.9. The van der Waals surface area contributed by atoms with E-state index in [0.29, 0.717) is 34.6 Å². The molecule has 1 saturated heterocycles. The molecule has 25 heavy (non-hydrogen) atoms. The van der Waals surface area contributed by atoms with Crippen molar-refractivity contribution < 1.29 is 9.53 Å². The molecule has 1 unspecified atom stereocenters. The van der Waals surface area contributed by atoms with Crippen LogP contribution in [0, 0.1) is 0 Å². The number of ether oxygens (including phenoxy) is 1. The minimum atomic E-state index is -0.502. The highest BCUT2D eigenvalue weighted by molar-refractivity contribution is 6.36. The lowest BCUT2D eigenvalue weighted by atomic mass is 10.1. The second-order valence-electron chi connectivity index (χ2n) is 5.79. The highest BCUT2D eigenvalue weighted by Crippen LogP contribution is 2.25. The van der Waals surface area contributed by atoms with Crippen molar-refractivity contribution in [3.63, 3.8) is 0 Å². The predicted octanol–water partition coefficient (Wildman–Crippen LogP) is 2.58. The van der Waals surface area contributed by atoms with E-state index in [4.69, 9.17) is 27.9 Å². The summed E-state index contributed by atoms with van der Waals surface area (Å²) in [5, 5.41) is 3.69. The van der Waals surface area contributed by atoms with Crippen LogP contribution in [0.5, 0.6) is 0 Å². The molecular formula is C17H17Cl2N3O3. The molecule has 1 aliphatic rings. The molecule has 2 N–H and O–H groups in total. The van der Waals surface area contributed by atoms with E-state index in [1.54, 1.807) is 18.2 Å². The Bertz CT molecular complexity index is 812. The fourth-order valence-electron chi connectivity index (χ4n) is 2.66. The Morgan fingerprint density at radius 3 is 2.76 bits per heavy atom. The Morgan fingerprint density at radius 2 is 2.12 bits per heavy atom. The summed E-state index contributed by atoms with van der Waals surface area (Å²) in [4.78, 5) is 31.1. The summed E-state index contributed by atoms with van der Waals surface area (Å²) in [5.74, 6) is -0.0812. The number of hydrogen-bond acceptors (Lipinski definition) is 4. The molecule has 8 heteroatoms. The molecule has 0 saturated carbocycles. The van der Waals surface area contributed by atoms with Gasteiger partial charge < -0.3 is 15.0 Å². The lowest BCUT2D eigenvalue weighted by Gasteiger charge is -2.10. The van der Waals surface area contributed by atoms with E-state index in [-0.39, 0.29) is 18.1 Å². The van der Waals surface area contributed by atoms with Gasteiger partial charge in [0.25, 0.3) is 11.5 Å². The van der Waals surface area contributed by atoms with E-state index in [1.807, 2.05) is 0 Å². The van der Waals surface area contributed by atoms with E-state index in [1.165, 1.54) is 6.20 Å². The van der Waals surface area contributed by atoms with Crippen molar-refractivity contribution in [1.82, 2.24) is 15.3 Å². The van der Waals surface area contributed by atoms with Crippen molar-refractivity contribution in [2.24, 2.45) is 0 Å². The van der Waals surface area contributed by atoms with Crippen molar-refractivity contribution in [2.75, 3.05) is 13.2 Å². The van der Waals surface area contributed by atoms with Gasteiger partial charge in [0.05, 0.1) is 6.10 Å². The third-order valence-corrected chi connectivity index (χ3v) is 4.72. The lowest BCUT2D eigenvalue weighted by Crippen LogP contribution is -2.35. The Hall–Kier alpha value is -1.89. The second-order valence-corrected chi connectivity index (χ2v) is 6.61. The lowest BCUT2D eigenvalue weighted by molar-refractivity contribution is 0.0856. The third kappa shape index (κ3) is 4.39. The Morgan fingerprint density at radius 1 is 1.36 bits per heavy atom. The number of halogens is 2. The molecule has 132 valence electrons. The number of nitrogens with one attached hydrogen (secondary N) is 2. The maximum absolute atomic E-state index is 12.2. The van der Waals surface area contributed by atoms with Crippen LogP contribution < -0.4 is 10.9 Å². The van der Waals surface area contributed by atoms with Crippen LogP contribution in [0.3, 0.4) is 0 Å². The zero-order valence-electron chi connectivity index (χ0n) is 13.4. The largest absolute Gasteiger partial charge is 0.376 e. The van der Waals surface area contributed by atoms with Gasteiger partial charge in [-0.2, -0.15) is 0 Å². The zero-order chi connectivity index (χ0) is 17.8. The molecule has 1 amide bonds. The molecule has 2 aromatic rings. The number of carbonyl (C=O) groups excluding carboxylic acids is 1. The van der Waals surface area contributed by atoms with Crippen LogP contribution in [0.2, 0.25) is 10.0 Å². The average molecular weight is 382 g/mol. The van der Waals surface area contributed by atoms with Gasteiger partial charge in [0, 0.05) is 35.8 Å². The highest BCUT2D eigenvalue weighted by atomic mass is 35.5. The molecular weight excluding hydrogens is 365 g/mol. The van der Waals surface area contributed by atoms with Crippen molar-refractivity contribution in [3.05, 3.63) is 61.7 Å². The van der Waals surface area contributed by atoms with Crippen LogP contribution in [0.25, 0.3) is 0 Å².